The molecule has 1 N–H and O–H groups in total. The van der Waals surface area contributed by atoms with E-state index in [0.717, 1.165) is 48.8 Å². The molecule has 2 amide bonds. The maximum Gasteiger partial charge on any atom is 0.243 e. The zero-order valence-electron chi connectivity index (χ0n) is 23.3. The Morgan fingerprint density at radius 1 is 1.03 bits per heavy atom. The quantitative estimate of drug-likeness (QED) is 0.388. The number of nitrogens with zero attached hydrogens (tertiary/aromatic N) is 2. The fraction of sp³-hybridized carbons (Fsp3) is 0.533. The lowest BCUT2D eigenvalue weighted by atomic mass is 10.0. The van der Waals surface area contributed by atoms with Crippen LogP contribution in [0.5, 0.6) is 0 Å². The van der Waals surface area contributed by atoms with Gasteiger partial charge in [-0.25, -0.2) is 8.42 Å². The van der Waals surface area contributed by atoms with Crippen LogP contribution in [0, 0.1) is 6.92 Å². The molecule has 0 radical (unpaired) electrons. The number of amides is 2. The van der Waals surface area contributed by atoms with E-state index < -0.39 is 16.1 Å². The Balaban J connectivity index is 1.75. The number of carbonyl (C=O) groups excluding carboxylic acids is 2. The fourth-order valence-electron chi connectivity index (χ4n) is 5.16. The number of carbonyl (C=O) groups is 2. The number of aryl methyl sites for hydroxylation is 2. The molecule has 1 atom stereocenters. The van der Waals surface area contributed by atoms with E-state index in [0.29, 0.717) is 25.1 Å². The minimum absolute atomic E-state index is 0.102. The predicted molar refractivity (Wildman–Crippen MR) is 153 cm³/mol. The van der Waals surface area contributed by atoms with Crippen molar-refractivity contribution in [1.29, 1.82) is 0 Å². The van der Waals surface area contributed by atoms with Gasteiger partial charge in [0.15, 0.2) is 0 Å². The summed E-state index contributed by atoms with van der Waals surface area (Å²) in [6.45, 7) is 6.53. The van der Waals surface area contributed by atoms with Gasteiger partial charge in [-0.15, -0.1) is 0 Å². The van der Waals surface area contributed by atoms with Crippen molar-refractivity contribution >= 4 is 27.5 Å². The molecule has 208 valence electrons. The van der Waals surface area contributed by atoms with E-state index in [4.69, 9.17) is 0 Å². The van der Waals surface area contributed by atoms with Gasteiger partial charge in [0.1, 0.15) is 6.04 Å². The summed E-state index contributed by atoms with van der Waals surface area (Å²) < 4.78 is 26.5. The first-order valence-corrected chi connectivity index (χ1v) is 15.7. The molecule has 1 saturated carbocycles. The number of anilines is 1. The molecule has 0 saturated heterocycles. The molecular formula is C30H43N3O4S. The van der Waals surface area contributed by atoms with Gasteiger partial charge >= 0.3 is 0 Å². The highest BCUT2D eigenvalue weighted by atomic mass is 32.2. The van der Waals surface area contributed by atoms with E-state index in [1.165, 1.54) is 10.6 Å². The molecule has 0 heterocycles. The molecule has 0 spiro atoms. The average Bonchev–Trinajstić information content (AvgIpc) is 3.40. The minimum atomic E-state index is -3.51. The van der Waals surface area contributed by atoms with Crippen LogP contribution in [0.25, 0.3) is 0 Å². The van der Waals surface area contributed by atoms with Crippen LogP contribution in [0.15, 0.2) is 48.5 Å². The summed E-state index contributed by atoms with van der Waals surface area (Å²) in [7, 11) is -3.51. The van der Waals surface area contributed by atoms with E-state index in [-0.39, 0.29) is 30.8 Å². The fourth-order valence-corrected chi connectivity index (χ4v) is 6.13. The van der Waals surface area contributed by atoms with Gasteiger partial charge in [-0.05, 0) is 67.9 Å². The third kappa shape index (κ3) is 8.06. The Hall–Kier alpha value is -2.87. The van der Waals surface area contributed by atoms with Gasteiger partial charge in [-0.1, -0.05) is 63.1 Å². The lowest BCUT2D eigenvalue weighted by molar-refractivity contribution is -0.141. The molecule has 0 bridgehead atoms. The summed E-state index contributed by atoms with van der Waals surface area (Å²) in [6, 6.07) is 15.0. The van der Waals surface area contributed by atoms with Crippen LogP contribution in [0.3, 0.4) is 0 Å². The van der Waals surface area contributed by atoms with Gasteiger partial charge in [0.05, 0.1) is 11.9 Å². The molecule has 0 unspecified atom stereocenters. The summed E-state index contributed by atoms with van der Waals surface area (Å²) >= 11 is 0. The first-order chi connectivity index (χ1) is 18.1. The normalized spacial score (nSPS) is 14.7. The summed E-state index contributed by atoms with van der Waals surface area (Å²) in [6.07, 6.45) is 7.27. The van der Waals surface area contributed by atoms with Gasteiger partial charge < -0.3 is 10.2 Å². The SMILES string of the molecule is CCc1ccc(N(CCCC(=O)N(Cc2ccccc2C)[C@@H](CC)C(=O)NC2CCCC2)S(C)(=O)=O)cc1. The van der Waals surface area contributed by atoms with Gasteiger partial charge in [0.25, 0.3) is 0 Å². The highest BCUT2D eigenvalue weighted by Gasteiger charge is 2.31. The lowest BCUT2D eigenvalue weighted by Crippen LogP contribution is -2.51. The van der Waals surface area contributed by atoms with Gasteiger partial charge in [0, 0.05) is 25.6 Å². The van der Waals surface area contributed by atoms with Gasteiger partial charge in [-0.3, -0.25) is 13.9 Å². The van der Waals surface area contributed by atoms with Gasteiger partial charge in [-0.2, -0.15) is 0 Å². The number of hydrogen-bond donors (Lipinski definition) is 1. The Bertz CT molecular complexity index is 1170. The number of sulfonamides is 1. The number of rotatable bonds is 13. The van der Waals surface area contributed by atoms with Crippen LogP contribution in [0.4, 0.5) is 5.69 Å². The first kappa shape index (κ1) is 29.7. The molecule has 1 aliphatic rings. The average molecular weight is 542 g/mol. The molecule has 2 aromatic carbocycles. The van der Waals surface area contributed by atoms with Crippen molar-refractivity contribution in [2.24, 2.45) is 0 Å². The molecular weight excluding hydrogens is 498 g/mol. The van der Waals surface area contributed by atoms with E-state index in [9.17, 15) is 18.0 Å². The predicted octanol–water partition coefficient (Wildman–Crippen LogP) is 4.97. The van der Waals surface area contributed by atoms with Crippen LogP contribution >= 0.6 is 0 Å². The molecule has 38 heavy (non-hydrogen) atoms. The van der Waals surface area contributed by atoms with Crippen LogP contribution in [-0.4, -0.2) is 50.0 Å². The second-order valence-electron chi connectivity index (χ2n) is 10.3. The maximum absolute atomic E-state index is 13.6. The monoisotopic (exact) mass is 541 g/mol. The molecule has 8 heteroatoms. The van der Waals surface area contributed by atoms with E-state index in [1.807, 2.05) is 62.4 Å². The molecule has 7 nitrogen and oxygen atoms in total. The molecule has 1 fully saturated rings. The maximum atomic E-state index is 13.6. The van der Waals surface area contributed by atoms with Crippen LogP contribution in [0.1, 0.15) is 75.5 Å². The minimum Gasteiger partial charge on any atom is -0.352 e. The van der Waals surface area contributed by atoms with Crippen molar-refractivity contribution in [3.05, 3.63) is 65.2 Å². The number of hydrogen-bond acceptors (Lipinski definition) is 4. The molecule has 2 aromatic rings. The summed E-state index contributed by atoms with van der Waals surface area (Å²) in [5.74, 6) is -0.244. The van der Waals surface area contributed by atoms with E-state index in [2.05, 4.69) is 12.2 Å². The molecule has 3 rings (SSSR count). The third-order valence-corrected chi connectivity index (χ3v) is 8.67. The van der Waals surface area contributed by atoms with Crippen molar-refractivity contribution in [2.75, 3.05) is 17.1 Å². The van der Waals surface area contributed by atoms with E-state index >= 15 is 0 Å². The van der Waals surface area contributed by atoms with Crippen molar-refractivity contribution in [3.63, 3.8) is 0 Å². The topological polar surface area (TPSA) is 86.8 Å². The lowest BCUT2D eigenvalue weighted by Gasteiger charge is -2.32. The zero-order chi connectivity index (χ0) is 27.7. The second kappa shape index (κ2) is 13.8. The molecule has 0 aromatic heterocycles. The highest BCUT2D eigenvalue weighted by Crippen LogP contribution is 2.22. The van der Waals surface area contributed by atoms with Gasteiger partial charge in [0.2, 0.25) is 21.8 Å². The second-order valence-corrected chi connectivity index (χ2v) is 12.2. The molecule has 1 aliphatic carbocycles. The Morgan fingerprint density at radius 2 is 1.68 bits per heavy atom. The van der Waals surface area contributed by atoms with Crippen LogP contribution in [-0.2, 0) is 32.6 Å². The smallest absolute Gasteiger partial charge is 0.243 e. The summed E-state index contributed by atoms with van der Waals surface area (Å²) in [5, 5.41) is 3.17. The van der Waals surface area contributed by atoms with Crippen LogP contribution < -0.4 is 9.62 Å². The molecule has 0 aliphatic heterocycles. The first-order valence-electron chi connectivity index (χ1n) is 13.8. The summed E-state index contributed by atoms with van der Waals surface area (Å²) in [5.41, 5.74) is 3.79. The largest absolute Gasteiger partial charge is 0.352 e. The Morgan fingerprint density at radius 3 is 2.26 bits per heavy atom. The van der Waals surface area contributed by atoms with E-state index in [1.54, 1.807) is 4.90 Å². The third-order valence-electron chi connectivity index (χ3n) is 7.47. The number of nitrogens with one attached hydrogen (secondary N) is 1. The number of benzene rings is 2. The van der Waals surface area contributed by atoms with Crippen LogP contribution in [0.2, 0.25) is 0 Å². The summed E-state index contributed by atoms with van der Waals surface area (Å²) in [4.78, 5) is 28.6. The van der Waals surface area contributed by atoms with Crippen molar-refractivity contribution < 1.29 is 18.0 Å². The Kier molecular flexibility index (Phi) is 10.8. The Labute approximate surface area is 228 Å². The van der Waals surface area contributed by atoms with Crippen molar-refractivity contribution in [2.45, 2.75) is 90.8 Å². The highest BCUT2D eigenvalue weighted by molar-refractivity contribution is 7.92. The standard InChI is InChI=1S/C30H43N3O4S/c1-5-24-17-19-27(20-18-24)33(38(4,36)37)21-11-16-29(34)32(22-25-13-8-7-12-23(25)3)28(6-2)30(35)31-26-14-9-10-15-26/h7-8,12-13,17-20,26,28H,5-6,9-11,14-16,21-22H2,1-4H3,(H,31,35)/t28-/m0/s1. The zero-order valence-corrected chi connectivity index (χ0v) is 24.1. The van der Waals surface area contributed by atoms with Crippen molar-refractivity contribution in [1.82, 2.24) is 10.2 Å². The van der Waals surface area contributed by atoms with Crippen molar-refractivity contribution in [3.8, 4) is 0 Å².